The van der Waals surface area contributed by atoms with Crippen LogP contribution in [0.1, 0.15) is 69.4 Å². The molecule has 1 unspecified atom stereocenters. The van der Waals surface area contributed by atoms with Gasteiger partial charge in [0.25, 0.3) is 0 Å². The van der Waals surface area contributed by atoms with Crippen molar-refractivity contribution in [2.75, 3.05) is 18.4 Å². The number of anilines is 1. The normalized spacial score (nSPS) is 18.6. The van der Waals surface area contributed by atoms with Crippen molar-refractivity contribution >= 4 is 34.2 Å². The van der Waals surface area contributed by atoms with Gasteiger partial charge in [-0.25, -0.2) is 19.0 Å². The van der Waals surface area contributed by atoms with E-state index >= 15 is 4.39 Å². The van der Waals surface area contributed by atoms with Crippen molar-refractivity contribution in [2.45, 2.75) is 70.7 Å². The van der Waals surface area contributed by atoms with Gasteiger partial charge in [0.05, 0.1) is 29.7 Å². The van der Waals surface area contributed by atoms with Crippen LogP contribution in [-0.4, -0.2) is 56.7 Å². The fourth-order valence-corrected chi connectivity index (χ4v) is 7.72. The first-order chi connectivity index (χ1) is 26.0. The molecular formula is C44H44FN5O4. The number of rotatable bonds is 6. The summed E-state index contributed by atoms with van der Waals surface area (Å²) in [4.78, 5) is 37.6. The number of carbonyl (C=O) groups is 2. The quantitative estimate of drug-likeness (QED) is 0.181. The standard InChI is InChI=1S/C44H44FN5O4/c1-27-34-19-18-32(24-35(34)47-40(39(27)45)37-12-8-20-49(37)42(51)53-26-28-10-6-5-7-11-28)30-14-15-31-23-33(17-16-29(31)22-30)36-25-46-41(48-36)38-13-9-21-50(38)43(52)54-44(2,3)4/h5-7,10-11,14-19,22-25,37-38,47H,1,8-9,12-13,20-21,26H2,2-4H3,(H,46,48)/t37?,38-/m0/s1. The minimum Gasteiger partial charge on any atom is -0.445 e. The van der Waals surface area contributed by atoms with Gasteiger partial charge in [0.15, 0.2) is 5.83 Å². The monoisotopic (exact) mass is 725 g/mol. The zero-order valence-corrected chi connectivity index (χ0v) is 30.8. The van der Waals surface area contributed by atoms with Crippen molar-refractivity contribution < 1.29 is 23.5 Å². The maximum Gasteiger partial charge on any atom is 0.410 e. The van der Waals surface area contributed by atoms with Crippen LogP contribution in [0.25, 0.3) is 38.7 Å². The third kappa shape index (κ3) is 6.96. The summed E-state index contributed by atoms with van der Waals surface area (Å²) in [6.07, 6.45) is 4.15. The summed E-state index contributed by atoms with van der Waals surface area (Å²) in [6.45, 7) is 11.0. The van der Waals surface area contributed by atoms with Gasteiger partial charge in [0.1, 0.15) is 18.0 Å². The van der Waals surface area contributed by atoms with E-state index in [-0.39, 0.29) is 18.7 Å². The predicted molar refractivity (Wildman–Crippen MR) is 209 cm³/mol. The van der Waals surface area contributed by atoms with Crippen LogP contribution in [0.15, 0.2) is 109 Å². The number of aromatic nitrogens is 2. The average Bonchev–Trinajstić information content (AvgIpc) is 3.96. The van der Waals surface area contributed by atoms with Crippen LogP contribution < -0.4 is 5.32 Å². The van der Waals surface area contributed by atoms with Crippen molar-refractivity contribution in [2.24, 2.45) is 0 Å². The first kappa shape index (κ1) is 35.1. The van der Waals surface area contributed by atoms with Gasteiger partial charge in [0.2, 0.25) is 0 Å². The highest BCUT2D eigenvalue weighted by molar-refractivity contribution is 5.93. The Labute approximate surface area is 314 Å². The molecule has 4 heterocycles. The topological polar surface area (TPSA) is 99.8 Å². The SMILES string of the molecule is C=C1C(F)=C(C2CCCN2C(=O)OCc2ccccc2)Nc2cc(-c3ccc4cc(-c5cnc([C@@H]6CCCN6C(=O)OC(C)(C)C)[nH]5)ccc4c3)ccc21. The molecule has 54 heavy (non-hydrogen) atoms. The number of amides is 2. The lowest BCUT2D eigenvalue weighted by molar-refractivity contribution is 0.0218. The molecule has 2 amide bonds. The number of likely N-dealkylation sites (tertiary alicyclic amines) is 2. The Bertz CT molecular complexity index is 2290. The van der Waals surface area contributed by atoms with Gasteiger partial charge < -0.3 is 19.8 Å². The van der Waals surface area contributed by atoms with Gasteiger partial charge in [0, 0.05) is 35.5 Å². The average molecular weight is 726 g/mol. The first-order valence-corrected chi connectivity index (χ1v) is 18.6. The number of benzene rings is 4. The molecule has 0 radical (unpaired) electrons. The lowest BCUT2D eigenvalue weighted by Gasteiger charge is -2.31. The van der Waals surface area contributed by atoms with Crippen LogP contribution in [0.2, 0.25) is 0 Å². The van der Waals surface area contributed by atoms with E-state index in [1.54, 1.807) is 9.80 Å². The van der Waals surface area contributed by atoms with Crippen LogP contribution in [0.3, 0.4) is 0 Å². The molecule has 2 atom stereocenters. The molecule has 10 heteroatoms. The summed E-state index contributed by atoms with van der Waals surface area (Å²) < 4.78 is 27.2. The lowest BCUT2D eigenvalue weighted by atomic mass is 9.92. The molecule has 0 spiro atoms. The largest absolute Gasteiger partial charge is 0.445 e. The Kier molecular flexibility index (Phi) is 9.21. The molecular weight excluding hydrogens is 682 g/mol. The fourth-order valence-electron chi connectivity index (χ4n) is 7.72. The van der Waals surface area contributed by atoms with Gasteiger partial charge >= 0.3 is 12.2 Å². The minimum absolute atomic E-state index is 0.151. The molecule has 2 saturated heterocycles. The van der Waals surface area contributed by atoms with E-state index in [2.05, 4.69) is 58.3 Å². The van der Waals surface area contributed by atoms with E-state index in [0.29, 0.717) is 36.3 Å². The molecule has 3 aliphatic heterocycles. The first-order valence-electron chi connectivity index (χ1n) is 18.6. The number of aromatic amines is 1. The lowest BCUT2D eigenvalue weighted by Crippen LogP contribution is -2.39. The number of imidazole rings is 1. The number of nitrogens with one attached hydrogen (secondary N) is 2. The molecule has 4 aromatic carbocycles. The fraction of sp³-hybridized carbons (Fsp3) is 0.295. The molecule has 1 aromatic heterocycles. The highest BCUT2D eigenvalue weighted by Gasteiger charge is 2.38. The van der Waals surface area contributed by atoms with E-state index < -0.39 is 23.6 Å². The van der Waals surface area contributed by atoms with Crippen molar-refractivity contribution in [1.29, 1.82) is 0 Å². The highest BCUT2D eigenvalue weighted by atomic mass is 19.1. The van der Waals surface area contributed by atoms with Gasteiger partial charge in [-0.2, -0.15) is 0 Å². The Morgan fingerprint density at radius 1 is 0.852 bits per heavy atom. The Balaban J connectivity index is 0.986. The summed E-state index contributed by atoms with van der Waals surface area (Å²) in [7, 11) is 0. The van der Waals surface area contributed by atoms with Crippen LogP contribution in [-0.2, 0) is 16.1 Å². The van der Waals surface area contributed by atoms with E-state index in [1.807, 2.05) is 75.5 Å². The van der Waals surface area contributed by atoms with E-state index in [9.17, 15) is 9.59 Å². The molecule has 9 nitrogen and oxygen atoms in total. The van der Waals surface area contributed by atoms with Gasteiger partial charge in [-0.05, 0) is 92.1 Å². The summed E-state index contributed by atoms with van der Waals surface area (Å²) >= 11 is 0. The summed E-state index contributed by atoms with van der Waals surface area (Å²) in [5, 5.41) is 5.49. The smallest absolute Gasteiger partial charge is 0.410 e. The van der Waals surface area contributed by atoms with Crippen LogP contribution in [0.4, 0.5) is 19.7 Å². The highest BCUT2D eigenvalue weighted by Crippen LogP contribution is 2.42. The Hall–Kier alpha value is -5.90. The van der Waals surface area contributed by atoms with Gasteiger partial charge in [-0.15, -0.1) is 0 Å². The second kappa shape index (κ2) is 14.2. The minimum atomic E-state index is -0.560. The number of halogens is 1. The number of hydrogen-bond acceptors (Lipinski definition) is 6. The Morgan fingerprint density at radius 2 is 1.50 bits per heavy atom. The molecule has 2 N–H and O–H groups in total. The molecule has 0 bridgehead atoms. The number of allylic oxidation sites excluding steroid dienone is 2. The van der Waals surface area contributed by atoms with Crippen LogP contribution in [0, 0.1) is 0 Å². The van der Waals surface area contributed by atoms with Crippen molar-refractivity contribution in [3.8, 4) is 22.4 Å². The molecule has 0 aliphatic carbocycles. The van der Waals surface area contributed by atoms with E-state index in [4.69, 9.17) is 9.47 Å². The zero-order chi connectivity index (χ0) is 37.6. The summed E-state index contributed by atoms with van der Waals surface area (Å²) in [6, 6.07) is 27.4. The predicted octanol–water partition coefficient (Wildman–Crippen LogP) is 10.4. The maximum absolute atomic E-state index is 15.9. The second-order valence-electron chi connectivity index (χ2n) is 15.3. The summed E-state index contributed by atoms with van der Waals surface area (Å²) in [5.74, 6) is 0.325. The molecule has 8 rings (SSSR count). The van der Waals surface area contributed by atoms with Crippen molar-refractivity contribution in [3.63, 3.8) is 0 Å². The van der Waals surface area contributed by atoms with E-state index in [1.165, 1.54) is 0 Å². The number of fused-ring (bicyclic) bond motifs is 2. The third-order valence-electron chi connectivity index (χ3n) is 10.4. The van der Waals surface area contributed by atoms with Gasteiger partial charge in [-0.3, -0.25) is 9.80 Å². The number of H-pyrrole nitrogens is 1. The molecule has 276 valence electrons. The third-order valence-corrected chi connectivity index (χ3v) is 10.4. The number of carbonyl (C=O) groups excluding carboxylic acids is 2. The molecule has 5 aromatic rings. The van der Waals surface area contributed by atoms with Crippen LogP contribution in [0.5, 0.6) is 0 Å². The van der Waals surface area contributed by atoms with Gasteiger partial charge in [-0.1, -0.05) is 73.3 Å². The number of ether oxygens (including phenoxy) is 2. The second-order valence-corrected chi connectivity index (χ2v) is 15.3. The molecule has 3 aliphatic rings. The number of hydrogen-bond donors (Lipinski definition) is 2. The zero-order valence-electron chi connectivity index (χ0n) is 30.8. The number of nitrogens with zero attached hydrogens (tertiary/aromatic N) is 3. The van der Waals surface area contributed by atoms with Crippen molar-refractivity contribution in [3.05, 3.63) is 126 Å². The maximum atomic E-state index is 15.9. The van der Waals surface area contributed by atoms with Crippen LogP contribution >= 0.6 is 0 Å². The molecule has 2 fully saturated rings. The van der Waals surface area contributed by atoms with E-state index in [0.717, 1.165) is 69.5 Å². The summed E-state index contributed by atoms with van der Waals surface area (Å²) in [5.41, 5.74) is 6.28. The molecule has 0 saturated carbocycles. The van der Waals surface area contributed by atoms with Crippen molar-refractivity contribution in [1.82, 2.24) is 19.8 Å². The Morgan fingerprint density at radius 3 is 2.24 bits per heavy atom.